The van der Waals surface area contributed by atoms with Gasteiger partial charge in [-0.25, -0.2) is 8.42 Å². The van der Waals surface area contributed by atoms with Crippen LogP contribution in [0.5, 0.6) is 0 Å². The van der Waals surface area contributed by atoms with Crippen LogP contribution < -0.4 is 0 Å². The summed E-state index contributed by atoms with van der Waals surface area (Å²) < 4.78 is 24.8. The lowest BCUT2D eigenvalue weighted by Crippen LogP contribution is -2.42. The molecule has 0 saturated carbocycles. The summed E-state index contributed by atoms with van der Waals surface area (Å²) in [6.07, 6.45) is 0.547. The fourth-order valence-corrected chi connectivity index (χ4v) is 3.19. The van der Waals surface area contributed by atoms with E-state index in [1.807, 2.05) is 13.8 Å². The average Bonchev–Trinajstić information content (AvgIpc) is 2.10. The number of nitrogens with zero attached hydrogens (tertiary/aromatic N) is 1. The number of carboxylic acid groups (broad SMARTS) is 1. The molecule has 0 aliphatic heterocycles. The highest BCUT2D eigenvalue weighted by atomic mass is 32.2. The molecule has 0 bridgehead atoms. The van der Waals surface area contributed by atoms with E-state index in [2.05, 4.69) is 0 Å². The van der Waals surface area contributed by atoms with Crippen LogP contribution in [0, 0.1) is 5.92 Å². The Morgan fingerprint density at radius 2 is 1.75 bits per heavy atom. The summed E-state index contributed by atoms with van der Waals surface area (Å²) in [5.41, 5.74) is 0. The van der Waals surface area contributed by atoms with Gasteiger partial charge in [0.25, 0.3) is 0 Å². The minimum atomic E-state index is -3.46. The highest BCUT2D eigenvalue weighted by Crippen LogP contribution is 2.11. The molecule has 0 rings (SSSR count). The minimum absolute atomic E-state index is 0.0100. The van der Waals surface area contributed by atoms with Crippen LogP contribution in [-0.4, -0.2) is 42.1 Å². The van der Waals surface area contributed by atoms with Gasteiger partial charge in [-0.1, -0.05) is 13.8 Å². The maximum Gasteiger partial charge on any atom is 0.318 e. The van der Waals surface area contributed by atoms with Crippen molar-refractivity contribution < 1.29 is 18.3 Å². The molecule has 0 fully saturated rings. The molecule has 0 amide bonds. The molecule has 0 unspecified atom stereocenters. The Hall–Kier alpha value is -0.620. The summed E-state index contributed by atoms with van der Waals surface area (Å²) in [4.78, 5) is 10.6. The zero-order chi connectivity index (χ0) is 12.9. The van der Waals surface area contributed by atoms with Gasteiger partial charge in [-0.2, -0.15) is 4.31 Å². The number of rotatable bonds is 7. The number of carbonyl (C=O) groups is 1. The van der Waals surface area contributed by atoms with E-state index in [0.29, 0.717) is 6.42 Å². The molecule has 0 radical (unpaired) electrons. The van der Waals surface area contributed by atoms with E-state index < -0.39 is 22.5 Å². The Morgan fingerprint density at radius 3 is 2.06 bits per heavy atom. The highest BCUT2D eigenvalue weighted by molar-refractivity contribution is 7.89. The summed E-state index contributed by atoms with van der Waals surface area (Å²) >= 11 is 0. The van der Waals surface area contributed by atoms with Gasteiger partial charge < -0.3 is 5.11 Å². The standard InChI is InChI=1S/C10H21NO4S/c1-8(2)5-6-16(14,15)11(9(3)4)7-10(12)13/h8-9H,5-7H2,1-4H3,(H,12,13). The van der Waals surface area contributed by atoms with Gasteiger partial charge in [0.2, 0.25) is 10.0 Å². The number of hydrogen-bond acceptors (Lipinski definition) is 3. The van der Waals surface area contributed by atoms with Crippen molar-refractivity contribution in [3.63, 3.8) is 0 Å². The molecule has 6 heteroatoms. The summed E-state index contributed by atoms with van der Waals surface area (Å²) in [6.45, 7) is 6.77. The van der Waals surface area contributed by atoms with Crippen LogP contribution in [0.25, 0.3) is 0 Å². The lowest BCUT2D eigenvalue weighted by Gasteiger charge is -2.24. The van der Waals surface area contributed by atoms with E-state index in [-0.39, 0.29) is 17.7 Å². The van der Waals surface area contributed by atoms with Gasteiger partial charge in [-0.15, -0.1) is 0 Å². The topological polar surface area (TPSA) is 74.7 Å². The van der Waals surface area contributed by atoms with Crippen LogP contribution in [0.15, 0.2) is 0 Å². The molecule has 0 aromatic heterocycles. The van der Waals surface area contributed by atoms with E-state index in [4.69, 9.17) is 5.11 Å². The summed E-state index contributed by atoms with van der Waals surface area (Å²) in [5.74, 6) is -0.828. The number of sulfonamides is 1. The molecule has 0 aliphatic rings. The van der Waals surface area contributed by atoms with Gasteiger partial charge in [0.05, 0.1) is 5.75 Å². The second-order valence-electron chi connectivity index (χ2n) is 4.53. The molecule has 0 aromatic carbocycles. The number of hydrogen-bond donors (Lipinski definition) is 1. The van der Waals surface area contributed by atoms with Gasteiger partial charge in [0, 0.05) is 6.04 Å². The molecule has 0 atom stereocenters. The maximum absolute atomic E-state index is 11.9. The highest BCUT2D eigenvalue weighted by Gasteiger charge is 2.26. The molecule has 0 saturated heterocycles. The Bertz CT molecular complexity index is 322. The van der Waals surface area contributed by atoms with Crippen molar-refractivity contribution >= 4 is 16.0 Å². The molecule has 16 heavy (non-hydrogen) atoms. The predicted octanol–water partition coefficient (Wildman–Crippen LogP) is 1.16. The first-order valence-electron chi connectivity index (χ1n) is 5.38. The van der Waals surface area contributed by atoms with Crippen LogP contribution in [0.2, 0.25) is 0 Å². The third kappa shape index (κ3) is 5.46. The monoisotopic (exact) mass is 251 g/mol. The van der Waals surface area contributed by atoms with Crippen LogP contribution in [0.4, 0.5) is 0 Å². The van der Waals surface area contributed by atoms with Crippen LogP contribution >= 0.6 is 0 Å². The van der Waals surface area contributed by atoms with Gasteiger partial charge in [0.15, 0.2) is 0 Å². The Labute approximate surface area is 97.5 Å². The summed E-state index contributed by atoms with van der Waals surface area (Å²) in [6, 6.07) is -0.326. The van der Waals surface area contributed by atoms with E-state index in [9.17, 15) is 13.2 Å². The molecule has 0 heterocycles. The molecular weight excluding hydrogens is 230 g/mol. The first-order valence-corrected chi connectivity index (χ1v) is 6.99. The second-order valence-corrected chi connectivity index (χ2v) is 6.57. The molecule has 0 aliphatic carbocycles. The van der Waals surface area contributed by atoms with E-state index in [1.54, 1.807) is 13.8 Å². The normalized spacial score (nSPS) is 12.7. The first kappa shape index (κ1) is 15.4. The van der Waals surface area contributed by atoms with E-state index in [1.165, 1.54) is 0 Å². The minimum Gasteiger partial charge on any atom is -0.480 e. The van der Waals surface area contributed by atoms with Crippen molar-refractivity contribution in [3.05, 3.63) is 0 Å². The Balaban J connectivity index is 4.70. The maximum atomic E-state index is 11.9. The van der Waals surface area contributed by atoms with Gasteiger partial charge >= 0.3 is 5.97 Å². The quantitative estimate of drug-likeness (QED) is 0.736. The smallest absolute Gasteiger partial charge is 0.318 e. The van der Waals surface area contributed by atoms with Gasteiger partial charge in [-0.05, 0) is 26.2 Å². The van der Waals surface area contributed by atoms with Gasteiger partial charge in [0.1, 0.15) is 6.54 Å². The van der Waals surface area contributed by atoms with E-state index >= 15 is 0 Å². The van der Waals surface area contributed by atoms with Crippen LogP contribution in [0.1, 0.15) is 34.1 Å². The number of carboxylic acids is 1. The molecule has 96 valence electrons. The molecular formula is C10H21NO4S. The third-order valence-electron chi connectivity index (χ3n) is 2.18. The first-order chi connectivity index (χ1) is 7.16. The van der Waals surface area contributed by atoms with Gasteiger partial charge in [-0.3, -0.25) is 4.79 Å². The Morgan fingerprint density at radius 1 is 1.25 bits per heavy atom. The lowest BCUT2D eigenvalue weighted by molar-refractivity contribution is -0.137. The van der Waals surface area contributed by atoms with Crippen molar-refractivity contribution in [3.8, 4) is 0 Å². The largest absolute Gasteiger partial charge is 0.480 e. The number of aliphatic carboxylic acids is 1. The summed E-state index contributed by atoms with van der Waals surface area (Å²) in [7, 11) is -3.46. The SMILES string of the molecule is CC(C)CCS(=O)(=O)N(CC(=O)O)C(C)C. The molecule has 0 spiro atoms. The zero-order valence-electron chi connectivity index (χ0n) is 10.3. The van der Waals surface area contributed by atoms with Crippen LogP contribution in [0.3, 0.4) is 0 Å². The fourth-order valence-electron chi connectivity index (χ4n) is 1.24. The van der Waals surface area contributed by atoms with Crippen molar-refractivity contribution in [2.24, 2.45) is 5.92 Å². The molecule has 0 aromatic rings. The fraction of sp³-hybridized carbons (Fsp3) is 0.900. The zero-order valence-corrected chi connectivity index (χ0v) is 11.1. The van der Waals surface area contributed by atoms with E-state index in [0.717, 1.165) is 4.31 Å². The van der Waals surface area contributed by atoms with Crippen molar-refractivity contribution in [1.82, 2.24) is 4.31 Å². The van der Waals surface area contributed by atoms with Crippen LogP contribution in [-0.2, 0) is 14.8 Å². The average molecular weight is 251 g/mol. The van der Waals surface area contributed by atoms with Crippen molar-refractivity contribution in [2.75, 3.05) is 12.3 Å². The predicted molar refractivity (Wildman–Crippen MR) is 62.7 cm³/mol. The summed E-state index contributed by atoms with van der Waals surface area (Å²) in [5, 5.41) is 8.67. The van der Waals surface area contributed by atoms with Crippen molar-refractivity contribution in [1.29, 1.82) is 0 Å². The Kier molecular flexibility index (Phi) is 5.96. The third-order valence-corrected chi connectivity index (χ3v) is 4.19. The molecule has 1 N–H and O–H groups in total. The second kappa shape index (κ2) is 6.20. The van der Waals surface area contributed by atoms with Crippen molar-refractivity contribution in [2.45, 2.75) is 40.2 Å². The lowest BCUT2D eigenvalue weighted by atomic mass is 10.2. The molecule has 5 nitrogen and oxygen atoms in total.